The minimum atomic E-state index is -0.248. The molecule has 9 nitrogen and oxygen atoms in total. The summed E-state index contributed by atoms with van der Waals surface area (Å²) in [7, 11) is 4.81. The van der Waals surface area contributed by atoms with Gasteiger partial charge in [0.05, 0.1) is 13.2 Å². The number of ether oxygens (including phenoxy) is 1. The Hall–Kier alpha value is -2.16. The van der Waals surface area contributed by atoms with Crippen LogP contribution < -0.4 is 5.73 Å². The average Bonchev–Trinajstić information content (AvgIpc) is 2.79. The molecule has 0 aliphatic carbocycles. The van der Waals surface area contributed by atoms with Crippen LogP contribution in [-0.2, 0) is 20.9 Å². The van der Waals surface area contributed by atoms with Crippen LogP contribution in [0.5, 0.6) is 0 Å². The van der Waals surface area contributed by atoms with Gasteiger partial charge in [-0.1, -0.05) is 0 Å². The van der Waals surface area contributed by atoms with E-state index < -0.39 is 0 Å². The molecule has 0 bridgehead atoms. The molecule has 0 saturated carbocycles. The van der Waals surface area contributed by atoms with Crippen LogP contribution in [0.25, 0.3) is 0 Å². The normalized spacial score (nSPS) is 10.3. The Balaban J connectivity index is 2.65. The third-order valence-corrected chi connectivity index (χ3v) is 2.59. The summed E-state index contributed by atoms with van der Waals surface area (Å²) in [5, 5.41) is 3.84. The number of methoxy groups -OCH3 is 1. The number of carbonyl (C=O) groups excluding carboxylic acids is 2. The third-order valence-electron chi connectivity index (χ3n) is 2.59. The number of hydrogen-bond donors (Lipinski definition) is 1. The van der Waals surface area contributed by atoms with E-state index in [2.05, 4.69) is 10.1 Å². The van der Waals surface area contributed by atoms with E-state index in [1.165, 1.54) is 27.9 Å². The number of hydrogen-bond acceptors (Lipinski definition) is 6. The van der Waals surface area contributed by atoms with Crippen LogP contribution in [0.3, 0.4) is 0 Å². The first-order valence-electron chi connectivity index (χ1n) is 6.05. The fourth-order valence-electron chi connectivity index (χ4n) is 1.42. The van der Waals surface area contributed by atoms with Gasteiger partial charge in [-0.15, -0.1) is 5.10 Å². The van der Waals surface area contributed by atoms with Crippen molar-refractivity contribution in [3.63, 3.8) is 0 Å². The van der Waals surface area contributed by atoms with Gasteiger partial charge in [0.2, 0.25) is 17.8 Å². The van der Waals surface area contributed by atoms with E-state index in [0.717, 1.165) is 0 Å². The van der Waals surface area contributed by atoms with Gasteiger partial charge in [0.1, 0.15) is 12.9 Å². The summed E-state index contributed by atoms with van der Waals surface area (Å²) in [6, 6.07) is 0. The number of amides is 2. The lowest BCUT2D eigenvalue weighted by Crippen LogP contribution is -2.43. The summed E-state index contributed by atoms with van der Waals surface area (Å²) in [5.41, 5.74) is 5.38. The number of carbonyl (C=O) groups is 2. The van der Waals surface area contributed by atoms with E-state index in [1.807, 2.05) is 0 Å². The highest BCUT2D eigenvalue weighted by molar-refractivity contribution is 5.84. The van der Waals surface area contributed by atoms with Gasteiger partial charge in [-0.05, 0) is 0 Å². The lowest BCUT2D eigenvalue weighted by atomic mass is 10.4. The highest BCUT2D eigenvalue weighted by atomic mass is 16.5. The van der Waals surface area contributed by atoms with Gasteiger partial charge in [0, 0.05) is 27.7 Å². The second-order valence-corrected chi connectivity index (χ2v) is 4.40. The summed E-state index contributed by atoms with van der Waals surface area (Å²) in [5.74, 6) is -0.305. The summed E-state index contributed by atoms with van der Waals surface area (Å²) in [6.45, 7) is 0.666. The van der Waals surface area contributed by atoms with Crippen molar-refractivity contribution in [3.05, 3.63) is 6.33 Å². The molecule has 1 aromatic rings. The van der Waals surface area contributed by atoms with Crippen LogP contribution in [-0.4, -0.2) is 77.3 Å². The zero-order chi connectivity index (χ0) is 15.1. The summed E-state index contributed by atoms with van der Waals surface area (Å²) < 4.78 is 6.28. The van der Waals surface area contributed by atoms with Crippen LogP contribution in [0.1, 0.15) is 0 Å². The van der Waals surface area contributed by atoms with Crippen LogP contribution in [0, 0.1) is 0 Å². The minimum Gasteiger partial charge on any atom is -0.383 e. The summed E-state index contributed by atoms with van der Waals surface area (Å²) in [4.78, 5) is 30.5. The van der Waals surface area contributed by atoms with Gasteiger partial charge in [0.25, 0.3) is 0 Å². The zero-order valence-corrected chi connectivity index (χ0v) is 11.9. The maximum Gasteiger partial charge on any atom is 0.244 e. The minimum absolute atomic E-state index is 0.000622. The van der Waals surface area contributed by atoms with E-state index >= 15 is 0 Å². The highest BCUT2D eigenvalue weighted by Crippen LogP contribution is 1.97. The molecule has 20 heavy (non-hydrogen) atoms. The first-order valence-corrected chi connectivity index (χ1v) is 6.05. The SMILES string of the molecule is COCCN(CC(=O)N(C)C)C(=O)Cn1cnc(N)n1. The van der Waals surface area contributed by atoms with Gasteiger partial charge >= 0.3 is 0 Å². The number of nitrogen functional groups attached to an aromatic ring is 1. The van der Waals surface area contributed by atoms with Crippen LogP contribution in [0.4, 0.5) is 5.95 Å². The predicted molar refractivity (Wildman–Crippen MR) is 71.6 cm³/mol. The molecule has 0 saturated heterocycles. The molecule has 0 spiro atoms. The molecule has 2 N–H and O–H groups in total. The Morgan fingerprint density at radius 1 is 1.40 bits per heavy atom. The number of aromatic nitrogens is 3. The molecule has 1 rings (SSSR count). The molecule has 9 heteroatoms. The highest BCUT2D eigenvalue weighted by Gasteiger charge is 2.18. The third kappa shape index (κ3) is 4.84. The zero-order valence-electron chi connectivity index (χ0n) is 11.9. The molecular formula is C11H20N6O3. The van der Waals surface area contributed by atoms with Crippen molar-refractivity contribution in [1.29, 1.82) is 0 Å². The first-order chi connectivity index (χ1) is 9.43. The second-order valence-electron chi connectivity index (χ2n) is 4.40. The van der Waals surface area contributed by atoms with Crippen molar-refractivity contribution >= 4 is 17.8 Å². The van der Waals surface area contributed by atoms with Gasteiger partial charge in [-0.2, -0.15) is 0 Å². The lowest BCUT2D eigenvalue weighted by molar-refractivity contribution is -0.140. The molecule has 0 aliphatic rings. The smallest absolute Gasteiger partial charge is 0.244 e. The van der Waals surface area contributed by atoms with Crippen LogP contribution in [0.2, 0.25) is 0 Å². The van der Waals surface area contributed by atoms with E-state index in [0.29, 0.717) is 13.2 Å². The second kappa shape index (κ2) is 7.43. The topological polar surface area (TPSA) is 107 Å². The van der Waals surface area contributed by atoms with Crippen molar-refractivity contribution in [2.45, 2.75) is 6.54 Å². The van der Waals surface area contributed by atoms with Gasteiger partial charge < -0.3 is 20.3 Å². The number of rotatable bonds is 7. The van der Waals surface area contributed by atoms with E-state index in [1.54, 1.807) is 14.1 Å². The van der Waals surface area contributed by atoms with Crippen molar-refractivity contribution < 1.29 is 14.3 Å². The monoisotopic (exact) mass is 284 g/mol. The van der Waals surface area contributed by atoms with Gasteiger partial charge in [-0.25, -0.2) is 9.67 Å². The molecule has 0 aliphatic heterocycles. The van der Waals surface area contributed by atoms with Gasteiger partial charge in [0.15, 0.2) is 0 Å². The Bertz CT molecular complexity index is 459. The van der Waals surface area contributed by atoms with Crippen molar-refractivity contribution in [1.82, 2.24) is 24.6 Å². The lowest BCUT2D eigenvalue weighted by Gasteiger charge is -2.23. The average molecular weight is 284 g/mol. The Morgan fingerprint density at radius 2 is 2.10 bits per heavy atom. The molecule has 0 radical (unpaired) electrons. The number of nitrogens with two attached hydrogens (primary N) is 1. The van der Waals surface area contributed by atoms with E-state index in [9.17, 15) is 9.59 Å². The van der Waals surface area contributed by atoms with Gasteiger partial charge in [-0.3, -0.25) is 9.59 Å². The quantitative estimate of drug-likeness (QED) is 0.648. The summed E-state index contributed by atoms with van der Waals surface area (Å²) >= 11 is 0. The molecule has 1 aromatic heterocycles. The molecular weight excluding hydrogens is 264 g/mol. The molecule has 0 fully saturated rings. The number of anilines is 1. The number of nitrogens with zero attached hydrogens (tertiary/aromatic N) is 5. The molecule has 0 atom stereocenters. The van der Waals surface area contributed by atoms with Crippen molar-refractivity contribution in [3.8, 4) is 0 Å². The Kier molecular flexibility index (Phi) is 5.91. The maximum atomic E-state index is 12.2. The fourth-order valence-corrected chi connectivity index (χ4v) is 1.42. The largest absolute Gasteiger partial charge is 0.383 e. The standard InChI is InChI=1S/C11H20N6O3/c1-15(2)9(18)6-16(4-5-20-3)10(19)7-17-8-13-11(12)14-17/h8H,4-7H2,1-3H3,(H2,12,14). The van der Waals surface area contributed by atoms with Crippen LogP contribution in [0.15, 0.2) is 6.33 Å². The molecule has 1 heterocycles. The summed E-state index contributed by atoms with van der Waals surface area (Å²) in [6.07, 6.45) is 1.37. The molecule has 2 amide bonds. The first kappa shape index (κ1) is 15.9. The molecule has 112 valence electrons. The van der Waals surface area contributed by atoms with Crippen molar-refractivity contribution in [2.75, 3.05) is 46.6 Å². The van der Waals surface area contributed by atoms with E-state index in [-0.39, 0.29) is 30.9 Å². The van der Waals surface area contributed by atoms with E-state index in [4.69, 9.17) is 10.5 Å². The Labute approximate surface area is 117 Å². The maximum absolute atomic E-state index is 12.2. The van der Waals surface area contributed by atoms with Crippen LogP contribution >= 0.6 is 0 Å². The molecule has 0 aromatic carbocycles. The number of likely N-dealkylation sites (N-methyl/N-ethyl adjacent to an activating group) is 1. The van der Waals surface area contributed by atoms with Crippen molar-refractivity contribution in [2.24, 2.45) is 0 Å². The predicted octanol–water partition coefficient (Wildman–Crippen LogP) is -1.58. The molecule has 0 unspecified atom stereocenters. The Morgan fingerprint density at radius 3 is 2.60 bits per heavy atom. The fraction of sp³-hybridized carbons (Fsp3) is 0.636.